The SMILES string of the molecule is NC[C@H](N)c1cc(OC(F)(F)F)ccc1N. The molecule has 6 N–H and O–H groups in total. The number of halogens is 3. The highest BCUT2D eigenvalue weighted by molar-refractivity contribution is 5.52. The summed E-state index contributed by atoms with van der Waals surface area (Å²) in [6, 6.07) is 2.94. The van der Waals surface area contributed by atoms with Crippen molar-refractivity contribution >= 4 is 5.69 Å². The van der Waals surface area contributed by atoms with Crippen molar-refractivity contribution in [2.75, 3.05) is 12.3 Å². The van der Waals surface area contributed by atoms with E-state index in [-0.39, 0.29) is 18.0 Å². The van der Waals surface area contributed by atoms with Crippen molar-refractivity contribution in [2.45, 2.75) is 12.4 Å². The lowest BCUT2D eigenvalue weighted by atomic mass is 10.1. The Bertz CT molecular complexity index is 368. The molecule has 1 atom stereocenters. The van der Waals surface area contributed by atoms with Crippen LogP contribution in [0.4, 0.5) is 18.9 Å². The van der Waals surface area contributed by atoms with Gasteiger partial charge < -0.3 is 21.9 Å². The molecule has 0 aliphatic carbocycles. The number of nitrogens with two attached hydrogens (primary N) is 3. The molecule has 1 aromatic carbocycles. The fourth-order valence-corrected chi connectivity index (χ4v) is 1.20. The number of rotatable bonds is 3. The van der Waals surface area contributed by atoms with Gasteiger partial charge >= 0.3 is 6.36 Å². The Balaban J connectivity index is 2.98. The first-order valence-electron chi connectivity index (χ1n) is 4.44. The molecule has 0 aliphatic rings. The van der Waals surface area contributed by atoms with Crippen LogP contribution in [0.2, 0.25) is 0 Å². The van der Waals surface area contributed by atoms with E-state index in [1.54, 1.807) is 0 Å². The van der Waals surface area contributed by atoms with Gasteiger partial charge in [-0.2, -0.15) is 0 Å². The summed E-state index contributed by atoms with van der Waals surface area (Å²) < 4.78 is 39.6. The minimum atomic E-state index is -4.74. The maximum absolute atomic E-state index is 11.9. The van der Waals surface area contributed by atoms with Gasteiger partial charge in [-0.05, 0) is 23.8 Å². The van der Waals surface area contributed by atoms with Crippen LogP contribution in [0.15, 0.2) is 18.2 Å². The summed E-state index contributed by atoms with van der Waals surface area (Å²) in [5.41, 5.74) is 17.1. The molecule has 16 heavy (non-hydrogen) atoms. The molecule has 0 aliphatic heterocycles. The Morgan fingerprint density at radius 2 is 1.94 bits per heavy atom. The molecule has 0 aromatic heterocycles. The fraction of sp³-hybridized carbons (Fsp3) is 0.333. The van der Waals surface area contributed by atoms with Gasteiger partial charge in [0, 0.05) is 18.3 Å². The zero-order chi connectivity index (χ0) is 12.3. The first-order chi connectivity index (χ1) is 7.33. The molecule has 4 nitrogen and oxygen atoms in total. The first-order valence-corrected chi connectivity index (χ1v) is 4.44. The van der Waals surface area contributed by atoms with Gasteiger partial charge in [-0.25, -0.2) is 0 Å². The van der Waals surface area contributed by atoms with Crippen LogP contribution >= 0.6 is 0 Å². The summed E-state index contributed by atoms with van der Waals surface area (Å²) in [5, 5.41) is 0. The van der Waals surface area contributed by atoms with Gasteiger partial charge in [0.15, 0.2) is 0 Å². The minimum absolute atomic E-state index is 0.0830. The monoisotopic (exact) mass is 235 g/mol. The molecule has 0 bridgehead atoms. The van der Waals surface area contributed by atoms with Crippen LogP contribution in [0.5, 0.6) is 5.75 Å². The average Bonchev–Trinajstić information content (AvgIpc) is 2.18. The smallest absolute Gasteiger partial charge is 0.406 e. The van der Waals surface area contributed by atoms with Crippen LogP contribution < -0.4 is 21.9 Å². The number of alkyl halides is 3. The van der Waals surface area contributed by atoms with E-state index in [1.165, 1.54) is 6.07 Å². The summed E-state index contributed by atoms with van der Waals surface area (Å²) in [7, 11) is 0. The molecular weight excluding hydrogens is 223 g/mol. The Hall–Kier alpha value is -1.47. The second kappa shape index (κ2) is 4.58. The summed E-state index contributed by atoms with van der Waals surface area (Å²) in [5.74, 6) is -0.361. The standard InChI is InChI=1S/C9H12F3N3O/c10-9(11,12)16-5-1-2-7(14)6(3-5)8(15)4-13/h1-3,8H,4,13-15H2/t8-/m0/s1. The number of benzene rings is 1. The average molecular weight is 235 g/mol. The molecule has 7 heteroatoms. The molecule has 0 saturated carbocycles. The number of ether oxygens (including phenoxy) is 1. The largest absolute Gasteiger partial charge is 0.573 e. The van der Waals surface area contributed by atoms with E-state index in [0.717, 1.165) is 12.1 Å². The maximum Gasteiger partial charge on any atom is 0.573 e. The van der Waals surface area contributed by atoms with Gasteiger partial charge in [-0.1, -0.05) is 0 Å². The van der Waals surface area contributed by atoms with E-state index in [2.05, 4.69) is 4.74 Å². The summed E-state index contributed by atoms with van der Waals surface area (Å²) in [6.07, 6.45) is -4.74. The fourth-order valence-electron chi connectivity index (χ4n) is 1.20. The van der Waals surface area contributed by atoms with Crippen LogP contribution in [0.1, 0.15) is 11.6 Å². The second-order valence-electron chi connectivity index (χ2n) is 3.18. The van der Waals surface area contributed by atoms with Gasteiger partial charge in [0.1, 0.15) is 5.75 Å². The van der Waals surface area contributed by atoms with E-state index in [0.29, 0.717) is 5.56 Å². The maximum atomic E-state index is 11.9. The van der Waals surface area contributed by atoms with Gasteiger partial charge in [0.2, 0.25) is 0 Å². The number of anilines is 1. The Labute approximate surface area is 90.2 Å². The van der Waals surface area contributed by atoms with E-state index in [4.69, 9.17) is 17.2 Å². The number of nitrogen functional groups attached to an aromatic ring is 1. The zero-order valence-electron chi connectivity index (χ0n) is 8.29. The molecule has 0 saturated heterocycles. The molecule has 90 valence electrons. The third-order valence-electron chi connectivity index (χ3n) is 1.95. The predicted octanol–water partition coefficient (Wildman–Crippen LogP) is 1.13. The van der Waals surface area contributed by atoms with Gasteiger partial charge in [0.25, 0.3) is 0 Å². The summed E-state index contributed by atoms with van der Waals surface area (Å²) in [6.45, 7) is 0.0830. The lowest BCUT2D eigenvalue weighted by molar-refractivity contribution is -0.274. The highest BCUT2D eigenvalue weighted by Crippen LogP contribution is 2.28. The van der Waals surface area contributed by atoms with Crippen molar-refractivity contribution < 1.29 is 17.9 Å². The minimum Gasteiger partial charge on any atom is -0.406 e. The molecule has 0 heterocycles. The molecule has 0 radical (unpaired) electrons. The molecule has 1 rings (SSSR count). The van der Waals surface area contributed by atoms with Gasteiger partial charge in [-0.3, -0.25) is 0 Å². The molecule has 0 unspecified atom stereocenters. The van der Waals surface area contributed by atoms with Crippen molar-refractivity contribution in [3.05, 3.63) is 23.8 Å². The van der Waals surface area contributed by atoms with Crippen molar-refractivity contribution in [1.82, 2.24) is 0 Å². The third kappa shape index (κ3) is 3.28. The van der Waals surface area contributed by atoms with Crippen molar-refractivity contribution in [3.8, 4) is 5.75 Å². The Kier molecular flexibility index (Phi) is 3.61. The normalized spacial score (nSPS) is 13.6. The zero-order valence-corrected chi connectivity index (χ0v) is 8.29. The van der Waals surface area contributed by atoms with E-state index >= 15 is 0 Å². The summed E-state index contributed by atoms with van der Waals surface area (Å²) in [4.78, 5) is 0. The topological polar surface area (TPSA) is 87.3 Å². The molecular formula is C9H12F3N3O. The first kappa shape index (κ1) is 12.6. The molecule has 0 amide bonds. The lowest BCUT2D eigenvalue weighted by Gasteiger charge is -2.15. The van der Waals surface area contributed by atoms with Crippen LogP contribution in [0.25, 0.3) is 0 Å². The molecule has 0 fully saturated rings. The lowest BCUT2D eigenvalue weighted by Crippen LogP contribution is -2.22. The summed E-state index contributed by atoms with van der Waals surface area (Å²) >= 11 is 0. The van der Waals surface area contributed by atoms with Gasteiger partial charge in [-0.15, -0.1) is 13.2 Å². The van der Waals surface area contributed by atoms with E-state index in [9.17, 15) is 13.2 Å². The number of hydrogen-bond donors (Lipinski definition) is 3. The molecule has 1 aromatic rings. The highest BCUT2D eigenvalue weighted by Gasteiger charge is 2.31. The molecule has 0 spiro atoms. The van der Waals surface area contributed by atoms with E-state index in [1.807, 2.05) is 0 Å². The van der Waals surface area contributed by atoms with Crippen LogP contribution in [-0.4, -0.2) is 12.9 Å². The Morgan fingerprint density at radius 3 is 2.44 bits per heavy atom. The predicted molar refractivity (Wildman–Crippen MR) is 53.5 cm³/mol. The van der Waals surface area contributed by atoms with Gasteiger partial charge in [0.05, 0.1) is 0 Å². The quantitative estimate of drug-likeness (QED) is 0.685. The van der Waals surface area contributed by atoms with Crippen LogP contribution in [0.3, 0.4) is 0 Å². The van der Waals surface area contributed by atoms with Crippen LogP contribution in [0, 0.1) is 0 Å². The van der Waals surface area contributed by atoms with Crippen molar-refractivity contribution in [3.63, 3.8) is 0 Å². The van der Waals surface area contributed by atoms with Crippen molar-refractivity contribution in [1.29, 1.82) is 0 Å². The van der Waals surface area contributed by atoms with Crippen LogP contribution in [-0.2, 0) is 0 Å². The number of hydrogen-bond acceptors (Lipinski definition) is 4. The Morgan fingerprint density at radius 1 is 1.31 bits per heavy atom. The second-order valence-corrected chi connectivity index (χ2v) is 3.18. The highest BCUT2D eigenvalue weighted by atomic mass is 19.4. The van der Waals surface area contributed by atoms with Crippen molar-refractivity contribution in [2.24, 2.45) is 11.5 Å². The third-order valence-corrected chi connectivity index (χ3v) is 1.95. The van der Waals surface area contributed by atoms with E-state index < -0.39 is 12.4 Å².